The standard InChI is InChI=1S/C15H21F2N/c1-11-3-2-4-12(7-11)8-14(18)9-13-5-6-15(16,17)10-13/h2-4,7,13-14H,5-6,8-10,18H2,1H3. The molecule has 1 fully saturated rings. The number of aryl methyl sites for hydroxylation is 1. The average molecular weight is 253 g/mol. The van der Waals surface area contributed by atoms with E-state index in [2.05, 4.69) is 12.1 Å². The van der Waals surface area contributed by atoms with Crippen LogP contribution in [0.3, 0.4) is 0 Å². The topological polar surface area (TPSA) is 26.0 Å². The van der Waals surface area contributed by atoms with E-state index in [4.69, 9.17) is 5.73 Å². The van der Waals surface area contributed by atoms with Crippen molar-refractivity contribution in [2.24, 2.45) is 11.7 Å². The summed E-state index contributed by atoms with van der Waals surface area (Å²) in [6.07, 6.45) is 2.17. The molecule has 2 rings (SSSR count). The second kappa shape index (κ2) is 5.35. The second-order valence-corrected chi connectivity index (χ2v) is 5.65. The first kappa shape index (κ1) is 13.5. The molecule has 0 radical (unpaired) electrons. The molecule has 0 spiro atoms. The predicted molar refractivity (Wildman–Crippen MR) is 69.8 cm³/mol. The van der Waals surface area contributed by atoms with Crippen molar-refractivity contribution in [3.8, 4) is 0 Å². The highest BCUT2D eigenvalue weighted by Gasteiger charge is 2.39. The van der Waals surface area contributed by atoms with Gasteiger partial charge in [-0.15, -0.1) is 0 Å². The molecule has 0 aliphatic heterocycles. The molecule has 2 N–H and O–H groups in total. The Kier molecular flexibility index (Phi) is 4.00. The Balaban J connectivity index is 1.84. The van der Waals surface area contributed by atoms with Gasteiger partial charge in [-0.05, 0) is 37.7 Å². The van der Waals surface area contributed by atoms with Gasteiger partial charge in [-0.25, -0.2) is 8.78 Å². The highest BCUT2D eigenvalue weighted by Crippen LogP contribution is 2.40. The van der Waals surface area contributed by atoms with Crippen molar-refractivity contribution in [3.63, 3.8) is 0 Å². The van der Waals surface area contributed by atoms with Crippen molar-refractivity contribution in [2.45, 2.75) is 51.0 Å². The maximum Gasteiger partial charge on any atom is 0.248 e. The molecule has 1 aromatic carbocycles. The SMILES string of the molecule is Cc1cccc(CC(N)CC2CCC(F)(F)C2)c1. The number of nitrogens with two attached hydrogens (primary N) is 1. The molecule has 0 bridgehead atoms. The highest BCUT2D eigenvalue weighted by molar-refractivity contribution is 5.22. The van der Waals surface area contributed by atoms with Crippen molar-refractivity contribution >= 4 is 0 Å². The molecule has 3 heteroatoms. The van der Waals surface area contributed by atoms with E-state index in [-0.39, 0.29) is 24.8 Å². The smallest absolute Gasteiger partial charge is 0.248 e. The van der Waals surface area contributed by atoms with Gasteiger partial charge in [0, 0.05) is 18.9 Å². The van der Waals surface area contributed by atoms with E-state index in [1.807, 2.05) is 19.1 Å². The molecular weight excluding hydrogens is 232 g/mol. The van der Waals surface area contributed by atoms with Crippen LogP contribution < -0.4 is 5.73 Å². The maximum atomic E-state index is 13.1. The van der Waals surface area contributed by atoms with E-state index in [1.54, 1.807) is 0 Å². The van der Waals surface area contributed by atoms with E-state index in [9.17, 15) is 8.78 Å². The first-order chi connectivity index (χ1) is 8.44. The van der Waals surface area contributed by atoms with Gasteiger partial charge in [0.15, 0.2) is 0 Å². The van der Waals surface area contributed by atoms with Crippen molar-refractivity contribution in [1.29, 1.82) is 0 Å². The summed E-state index contributed by atoms with van der Waals surface area (Å²) in [4.78, 5) is 0. The summed E-state index contributed by atoms with van der Waals surface area (Å²) >= 11 is 0. The van der Waals surface area contributed by atoms with Gasteiger partial charge in [-0.1, -0.05) is 29.8 Å². The Hall–Kier alpha value is -0.960. The molecule has 100 valence electrons. The number of benzene rings is 1. The fraction of sp³-hybridized carbons (Fsp3) is 0.600. The molecule has 2 unspecified atom stereocenters. The van der Waals surface area contributed by atoms with Gasteiger partial charge < -0.3 is 5.73 Å². The minimum absolute atomic E-state index is 0.00861. The van der Waals surface area contributed by atoms with Gasteiger partial charge in [0.2, 0.25) is 5.92 Å². The third-order valence-electron chi connectivity index (χ3n) is 3.72. The molecule has 1 saturated carbocycles. The number of hydrogen-bond acceptors (Lipinski definition) is 1. The minimum atomic E-state index is -2.45. The first-order valence-corrected chi connectivity index (χ1v) is 6.63. The minimum Gasteiger partial charge on any atom is -0.327 e. The van der Waals surface area contributed by atoms with E-state index in [1.165, 1.54) is 11.1 Å². The van der Waals surface area contributed by atoms with E-state index >= 15 is 0 Å². The van der Waals surface area contributed by atoms with Crippen molar-refractivity contribution in [3.05, 3.63) is 35.4 Å². The molecule has 1 aliphatic carbocycles. The van der Waals surface area contributed by atoms with Crippen LogP contribution in [0, 0.1) is 12.8 Å². The summed E-state index contributed by atoms with van der Waals surface area (Å²) in [5.74, 6) is -2.35. The third-order valence-corrected chi connectivity index (χ3v) is 3.72. The Bertz CT molecular complexity index is 403. The van der Waals surface area contributed by atoms with Crippen LogP contribution in [0.5, 0.6) is 0 Å². The van der Waals surface area contributed by atoms with E-state index < -0.39 is 5.92 Å². The summed E-state index contributed by atoms with van der Waals surface area (Å²) in [5.41, 5.74) is 8.50. The van der Waals surface area contributed by atoms with Crippen LogP contribution in [0.4, 0.5) is 8.78 Å². The van der Waals surface area contributed by atoms with Gasteiger partial charge >= 0.3 is 0 Å². The summed E-state index contributed by atoms with van der Waals surface area (Å²) in [5, 5.41) is 0. The Morgan fingerprint density at radius 1 is 1.44 bits per heavy atom. The lowest BCUT2D eigenvalue weighted by Gasteiger charge is -2.17. The lowest BCUT2D eigenvalue weighted by molar-refractivity contribution is 0.00449. The Morgan fingerprint density at radius 2 is 2.22 bits per heavy atom. The molecule has 0 saturated heterocycles. The summed E-state index contributed by atoms with van der Waals surface area (Å²) in [6.45, 7) is 2.05. The van der Waals surface area contributed by atoms with Crippen LogP contribution in [0.15, 0.2) is 24.3 Å². The number of alkyl halides is 2. The third kappa shape index (κ3) is 3.77. The fourth-order valence-electron chi connectivity index (χ4n) is 2.90. The molecule has 2 atom stereocenters. The first-order valence-electron chi connectivity index (χ1n) is 6.63. The van der Waals surface area contributed by atoms with Gasteiger partial charge in [-0.2, -0.15) is 0 Å². The zero-order valence-corrected chi connectivity index (χ0v) is 10.8. The summed E-state index contributed by atoms with van der Waals surface area (Å²) in [7, 11) is 0. The molecule has 0 amide bonds. The maximum absolute atomic E-state index is 13.1. The van der Waals surface area contributed by atoms with Crippen molar-refractivity contribution < 1.29 is 8.78 Å². The molecule has 0 aromatic heterocycles. The van der Waals surface area contributed by atoms with Gasteiger partial charge in [0.25, 0.3) is 0 Å². The molecule has 0 heterocycles. The quantitative estimate of drug-likeness (QED) is 0.870. The fourth-order valence-corrected chi connectivity index (χ4v) is 2.90. The molecular formula is C15H21F2N. The van der Waals surface area contributed by atoms with Crippen LogP contribution in [0.2, 0.25) is 0 Å². The van der Waals surface area contributed by atoms with Gasteiger partial charge in [0.05, 0.1) is 0 Å². The number of hydrogen-bond donors (Lipinski definition) is 1. The van der Waals surface area contributed by atoms with Crippen LogP contribution in [0.1, 0.15) is 36.8 Å². The Morgan fingerprint density at radius 3 is 2.83 bits per heavy atom. The van der Waals surface area contributed by atoms with Crippen molar-refractivity contribution in [1.82, 2.24) is 0 Å². The highest BCUT2D eigenvalue weighted by atomic mass is 19.3. The second-order valence-electron chi connectivity index (χ2n) is 5.65. The largest absolute Gasteiger partial charge is 0.327 e. The summed E-state index contributed by atoms with van der Waals surface area (Å²) in [6, 6.07) is 8.22. The molecule has 1 aromatic rings. The lowest BCUT2D eigenvalue weighted by Crippen LogP contribution is -2.26. The monoisotopic (exact) mass is 253 g/mol. The predicted octanol–water partition coefficient (Wildman–Crippen LogP) is 3.69. The number of halogens is 2. The van der Waals surface area contributed by atoms with Gasteiger partial charge in [0.1, 0.15) is 0 Å². The van der Waals surface area contributed by atoms with Gasteiger partial charge in [-0.3, -0.25) is 0 Å². The van der Waals surface area contributed by atoms with E-state index in [0.29, 0.717) is 12.8 Å². The van der Waals surface area contributed by atoms with Crippen LogP contribution >= 0.6 is 0 Å². The van der Waals surface area contributed by atoms with Crippen LogP contribution in [-0.4, -0.2) is 12.0 Å². The average Bonchev–Trinajstić information content (AvgIpc) is 2.57. The van der Waals surface area contributed by atoms with E-state index in [0.717, 1.165) is 6.42 Å². The summed E-state index contributed by atoms with van der Waals surface area (Å²) < 4.78 is 26.2. The zero-order valence-electron chi connectivity index (χ0n) is 10.8. The lowest BCUT2D eigenvalue weighted by atomic mass is 9.94. The molecule has 1 nitrogen and oxygen atoms in total. The molecule has 1 aliphatic rings. The zero-order chi connectivity index (χ0) is 13.2. The van der Waals surface area contributed by atoms with Crippen molar-refractivity contribution in [2.75, 3.05) is 0 Å². The molecule has 18 heavy (non-hydrogen) atoms. The number of rotatable bonds is 4. The normalized spacial score (nSPS) is 24.1. The Labute approximate surface area is 107 Å². The van der Waals surface area contributed by atoms with Crippen LogP contribution in [0.25, 0.3) is 0 Å². The van der Waals surface area contributed by atoms with Crippen LogP contribution in [-0.2, 0) is 6.42 Å².